The highest BCUT2D eigenvalue weighted by molar-refractivity contribution is 6.10. The van der Waals surface area contributed by atoms with Crippen LogP contribution in [0.3, 0.4) is 0 Å². The third kappa shape index (κ3) is 2.49. The van der Waals surface area contributed by atoms with Crippen molar-refractivity contribution in [3.05, 3.63) is 36.0 Å². The van der Waals surface area contributed by atoms with Gasteiger partial charge in [-0.1, -0.05) is 13.3 Å². The molecule has 0 amide bonds. The van der Waals surface area contributed by atoms with Gasteiger partial charge in [0.2, 0.25) is 0 Å². The number of carbonyl (C=O) groups excluding carboxylic acids is 1. The Morgan fingerprint density at radius 1 is 1.38 bits per heavy atom. The van der Waals surface area contributed by atoms with Crippen LogP contribution in [0.15, 0.2) is 30.5 Å². The van der Waals surface area contributed by atoms with E-state index in [0.717, 1.165) is 47.6 Å². The number of aromatic nitrogens is 1. The summed E-state index contributed by atoms with van der Waals surface area (Å²) in [6, 6.07) is 7.64. The Balaban J connectivity index is 1.69. The fourth-order valence-corrected chi connectivity index (χ4v) is 4.52. The molecule has 1 unspecified atom stereocenters. The summed E-state index contributed by atoms with van der Waals surface area (Å²) in [5.74, 6) is 2.48. The molecule has 2 bridgehead atoms. The molecule has 0 saturated carbocycles. The Hall–Kier alpha value is -1.94. The van der Waals surface area contributed by atoms with Crippen molar-refractivity contribution in [2.75, 3.05) is 20.2 Å². The Kier molecular flexibility index (Phi) is 4.01. The topological polar surface area (TPSA) is 42.4 Å². The smallest absolute Gasteiger partial charge is 0.180 e. The monoisotopic (exact) mass is 324 g/mol. The summed E-state index contributed by atoms with van der Waals surface area (Å²) in [4.78, 5) is 20.1. The molecule has 4 heterocycles. The highest BCUT2D eigenvalue weighted by atomic mass is 16.5. The van der Waals surface area contributed by atoms with Crippen molar-refractivity contribution in [1.82, 2.24) is 9.88 Å². The summed E-state index contributed by atoms with van der Waals surface area (Å²) in [7, 11) is 1.65. The van der Waals surface area contributed by atoms with E-state index >= 15 is 0 Å². The van der Waals surface area contributed by atoms with Crippen molar-refractivity contribution < 1.29 is 9.53 Å². The van der Waals surface area contributed by atoms with E-state index in [2.05, 4.69) is 16.8 Å². The minimum absolute atomic E-state index is 0.0309. The molecule has 1 aromatic carbocycles. The van der Waals surface area contributed by atoms with Gasteiger partial charge in [-0.05, 0) is 55.5 Å². The number of carbonyl (C=O) groups is 1. The van der Waals surface area contributed by atoms with E-state index in [9.17, 15) is 4.79 Å². The first-order valence-corrected chi connectivity index (χ1v) is 8.92. The number of hydrogen-bond donors (Lipinski definition) is 0. The molecule has 3 fully saturated rings. The van der Waals surface area contributed by atoms with Crippen molar-refractivity contribution in [2.45, 2.75) is 32.2 Å². The van der Waals surface area contributed by atoms with Gasteiger partial charge < -0.3 is 4.74 Å². The molecule has 24 heavy (non-hydrogen) atoms. The Bertz CT molecular complexity index is 773. The van der Waals surface area contributed by atoms with Crippen LogP contribution in [0.2, 0.25) is 0 Å². The standard InChI is InChI=1S/C20H24N2O2/c1-3-13-12-22-9-7-14(13)10-19(22)20(23)16-6-8-21-18-5-4-15(24-2)11-17(16)18/h4-6,8,11,13-14,19H,3,7,9-10,12H2,1-2H3/t13-,14-,19-/m0/s1. The van der Waals surface area contributed by atoms with Gasteiger partial charge >= 0.3 is 0 Å². The summed E-state index contributed by atoms with van der Waals surface area (Å²) in [6.45, 7) is 4.40. The molecule has 0 radical (unpaired) electrons. The zero-order chi connectivity index (χ0) is 16.7. The van der Waals surface area contributed by atoms with Gasteiger partial charge in [-0.3, -0.25) is 14.7 Å². The summed E-state index contributed by atoms with van der Waals surface area (Å²) in [5, 5.41) is 0.900. The van der Waals surface area contributed by atoms with Crippen LogP contribution >= 0.6 is 0 Å². The summed E-state index contributed by atoms with van der Waals surface area (Å²) >= 11 is 0. The first-order chi connectivity index (χ1) is 11.7. The van der Waals surface area contributed by atoms with Gasteiger partial charge in [0.15, 0.2) is 5.78 Å². The van der Waals surface area contributed by atoms with E-state index < -0.39 is 0 Å². The lowest BCUT2D eigenvalue weighted by Gasteiger charge is -2.49. The van der Waals surface area contributed by atoms with E-state index in [1.807, 2.05) is 24.3 Å². The molecular formula is C20H24N2O2. The van der Waals surface area contributed by atoms with Crippen molar-refractivity contribution >= 4 is 16.7 Å². The lowest BCUT2D eigenvalue weighted by molar-refractivity contribution is 0.00515. The maximum atomic E-state index is 13.3. The lowest BCUT2D eigenvalue weighted by atomic mass is 9.73. The number of ketones is 1. The summed E-state index contributed by atoms with van der Waals surface area (Å²) in [5.41, 5.74) is 1.63. The summed E-state index contributed by atoms with van der Waals surface area (Å²) in [6.07, 6.45) is 5.21. The fraction of sp³-hybridized carbons (Fsp3) is 0.500. The second kappa shape index (κ2) is 6.17. The molecule has 4 atom stereocenters. The van der Waals surface area contributed by atoms with Crippen LogP contribution in [-0.4, -0.2) is 41.9 Å². The Labute approximate surface area is 142 Å². The van der Waals surface area contributed by atoms with Crippen molar-refractivity contribution in [3.63, 3.8) is 0 Å². The zero-order valence-electron chi connectivity index (χ0n) is 14.4. The average Bonchev–Trinajstić information content (AvgIpc) is 2.66. The first kappa shape index (κ1) is 15.6. The van der Waals surface area contributed by atoms with Crippen LogP contribution in [0.1, 0.15) is 36.5 Å². The van der Waals surface area contributed by atoms with E-state index in [0.29, 0.717) is 5.92 Å². The second-order valence-electron chi connectivity index (χ2n) is 7.07. The molecule has 0 spiro atoms. The Morgan fingerprint density at radius 2 is 2.25 bits per heavy atom. The number of Topliss-reactive ketones (excluding diaryl/α,β-unsaturated/α-hetero) is 1. The summed E-state index contributed by atoms with van der Waals surface area (Å²) < 4.78 is 5.33. The largest absolute Gasteiger partial charge is 0.497 e. The minimum atomic E-state index is 0.0309. The lowest BCUT2D eigenvalue weighted by Crippen LogP contribution is -2.56. The molecule has 0 aliphatic carbocycles. The normalized spacial score (nSPS) is 28.9. The molecule has 3 saturated heterocycles. The molecule has 1 aromatic heterocycles. The molecule has 5 rings (SSSR count). The minimum Gasteiger partial charge on any atom is -0.497 e. The Morgan fingerprint density at radius 3 is 2.96 bits per heavy atom. The molecule has 4 heteroatoms. The molecular weight excluding hydrogens is 300 g/mol. The van der Waals surface area contributed by atoms with Crippen LogP contribution in [-0.2, 0) is 0 Å². The SMILES string of the molecule is CC[C@H]1CN2CC[C@H]1C[C@H]2C(=O)c1ccnc2ccc(OC)cc12. The highest BCUT2D eigenvalue weighted by Gasteiger charge is 2.42. The number of pyridine rings is 1. The van der Waals surface area contributed by atoms with Crippen molar-refractivity contribution in [2.24, 2.45) is 11.8 Å². The van der Waals surface area contributed by atoms with Gasteiger partial charge in [-0.15, -0.1) is 0 Å². The quantitative estimate of drug-likeness (QED) is 0.807. The van der Waals surface area contributed by atoms with Gasteiger partial charge in [-0.2, -0.15) is 0 Å². The van der Waals surface area contributed by atoms with Crippen LogP contribution in [0.5, 0.6) is 5.75 Å². The van der Waals surface area contributed by atoms with Crippen LogP contribution in [0.25, 0.3) is 10.9 Å². The number of fused-ring (bicyclic) bond motifs is 4. The maximum absolute atomic E-state index is 13.3. The van der Waals surface area contributed by atoms with Gasteiger partial charge in [0.1, 0.15) is 5.75 Å². The van der Waals surface area contributed by atoms with Gasteiger partial charge in [0.05, 0.1) is 18.7 Å². The van der Waals surface area contributed by atoms with Crippen molar-refractivity contribution in [1.29, 1.82) is 0 Å². The molecule has 3 aliphatic heterocycles. The second-order valence-corrected chi connectivity index (χ2v) is 7.07. The van der Waals surface area contributed by atoms with Gasteiger partial charge in [0.25, 0.3) is 0 Å². The molecule has 3 aliphatic rings. The number of benzene rings is 1. The van der Waals surface area contributed by atoms with E-state index in [-0.39, 0.29) is 11.8 Å². The predicted molar refractivity (Wildman–Crippen MR) is 94.5 cm³/mol. The van der Waals surface area contributed by atoms with E-state index in [4.69, 9.17) is 4.74 Å². The van der Waals surface area contributed by atoms with Crippen LogP contribution in [0, 0.1) is 11.8 Å². The molecule has 2 aromatic rings. The zero-order valence-corrected chi connectivity index (χ0v) is 14.4. The van der Waals surface area contributed by atoms with E-state index in [1.54, 1.807) is 13.3 Å². The number of nitrogens with zero attached hydrogens (tertiary/aromatic N) is 2. The van der Waals surface area contributed by atoms with Crippen LogP contribution in [0.4, 0.5) is 0 Å². The third-order valence-electron chi connectivity index (χ3n) is 5.93. The fourth-order valence-electron chi connectivity index (χ4n) is 4.52. The highest BCUT2D eigenvalue weighted by Crippen LogP contribution is 2.39. The van der Waals surface area contributed by atoms with Gasteiger partial charge in [0, 0.05) is 23.7 Å². The first-order valence-electron chi connectivity index (χ1n) is 8.92. The third-order valence-corrected chi connectivity index (χ3v) is 5.93. The number of methoxy groups -OCH3 is 1. The molecule has 126 valence electrons. The average molecular weight is 324 g/mol. The molecule has 4 nitrogen and oxygen atoms in total. The van der Waals surface area contributed by atoms with Crippen LogP contribution < -0.4 is 4.74 Å². The van der Waals surface area contributed by atoms with Gasteiger partial charge in [-0.25, -0.2) is 0 Å². The number of rotatable bonds is 4. The number of ether oxygens (including phenoxy) is 1. The molecule has 0 N–H and O–H groups in total. The maximum Gasteiger partial charge on any atom is 0.180 e. The predicted octanol–water partition coefficient (Wildman–Crippen LogP) is 3.55. The number of hydrogen-bond acceptors (Lipinski definition) is 4. The number of piperidine rings is 3. The van der Waals surface area contributed by atoms with E-state index in [1.165, 1.54) is 12.8 Å². The van der Waals surface area contributed by atoms with Crippen molar-refractivity contribution in [3.8, 4) is 5.75 Å².